The Morgan fingerprint density at radius 2 is 2.06 bits per heavy atom. The van der Waals surface area contributed by atoms with Gasteiger partial charge in [-0.3, -0.25) is 4.79 Å². The fourth-order valence-corrected chi connectivity index (χ4v) is 2.04. The van der Waals surface area contributed by atoms with E-state index in [9.17, 15) is 4.79 Å². The topological polar surface area (TPSA) is 46.5 Å². The van der Waals surface area contributed by atoms with Crippen LogP contribution in [-0.4, -0.2) is 21.3 Å². The van der Waals surface area contributed by atoms with Gasteiger partial charge in [-0.25, -0.2) is 0 Å². The van der Waals surface area contributed by atoms with Crippen LogP contribution < -0.4 is 4.74 Å². The number of alkyl halides is 2. The van der Waals surface area contributed by atoms with E-state index in [4.69, 9.17) is 33.0 Å². The van der Waals surface area contributed by atoms with Gasteiger partial charge in [0.25, 0.3) is 0 Å². The molecule has 0 bridgehead atoms. The number of carbonyl (C=O) groups is 1. The quantitative estimate of drug-likeness (QED) is 0.663. The molecule has 1 unspecified atom stereocenters. The van der Waals surface area contributed by atoms with Crippen molar-refractivity contribution >= 4 is 40.9 Å². The van der Waals surface area contributed by atoms with Crippen LogP contribution in [0.2, 0.25) is 0 Å². The average molecular weight is 281 g/mol. The first-order chi connectivity index (χ1) is 7.50. The number of carboxylic acids is 1. The van der Waals surface area contributed by atoms with Gasteiger partial charge in [0.15, 0.2) is 0 Å². The van der Waals surface area contributed by atoms with Gasteiger partial charge in [0.05, 0.1) is 4.90 Å². The molecule has 6 heteroatoms. The molecule has 0 aliphatic carbocycles. The highest BCUT2D eigenvalue weighted by atomic mass is 35.5. The molecule has 0 aliphatic rings. The number of ether oxygens (including phenoxy) is 1. The Labute approximate surface area is 108 Å². The van der Waals surface area contributed by atoms with Gasteiger partial charge in [0, 0.05) is 0 Å². The van der Waals surface area contributed by atoms with Gasteiger partial charge in [0.1, 0.15) is 11.0 Å². The van der Waals surface area contributed by atoms with Gasteiger partial charge in [0.2, 0.25) is 5.02 Å². The molecule has 0 spiro atoms. The second-order valence-corrected chi connectivity index (χ2v) is 5.32. The largest absolute Gasteiger partial charge is 0.480 e. The maximum absolute atomic E-state index is 10.7. The Balaban J connectivity index is 2.82. The molecule has 0 aliphatic heterocycles. The van der Waals surface area contributed by atoms with Crippen LogP contribution in [-0.2, 0) is 4.79 Å². The van der Waals surface area contributed by atoms with Crippen LogP contribution >= 0.6 is 35.0 Å². The zero-order chi connectivity index (χ0) is 12.1. The SMILES string of the molecule is CC(Sc1ccccc1OC(Cl)Cl)C(=O)O. The fourth-order valence-electron chi connectivity index (χ4n) is 0.982. The molecule has 0 fully saturated rings. The average Bonchev–Trinajstić information content (AvgIpc) is 2.20. The Bertz CT molecular complexity index is 371. The van der Waals surface area contributed by atoms with E-state index in [1.54, 1.807) is 31.2 Å². The monoisotopic (exact) mass is 280 g/mol. The van der Waals surface area contributed by atoms with E-state index in [0.717, 1.165) is 0 Å². The van der Waals surface area contributed by atoms with Crippen molar-refractivity contribution in [3.05, 3.63) is 24.3 Å². The van der Waals surface area contributed by atoms with Gasteiger partial charge in [-0.2, -0.15) is 0 Å². The summed E-state index contributed by atoms with van der Waals surface area (Å²) in [6.07, 6.45) is 0. The van der Waals surface area contributed by atoms with E-state index in [1.807, 2.05) is 0 Å². The van der Waals surface area contributed by atoms with Crippen molar-refractivity contribution in [2.75, 3.05) is 0 Å². The molecule has 0 heterocycles. The van der Waals surface area contributed by atoms with Crippen molar-refractivity contribution in [3.8, 4) is 5.75 Å². The maximum atomic E-state index is 10.7. The highest BCUT2D eigenvalue weighted by Gasteiger charge is 2.15. The summed E-state index contributed by atoms with van der Waals surface area (Å²) >= 11 is 12.2. The van der Waals surface area contributed by atoms with Crippen molar-refractivity contribution in [1.82, 2.24) is 0 Å². The van der Waals surface area contributed by atoms with Crippen molar-refractivity contribution in [2.24, 2.45) is 0 Å². The van der Waals surface area contributed by atoms with Crippen LogP contribution in [0.15, 0.2) is 29.2 Å². The zero-order valence-electron chi connectivity index (χ0n) is 8.39. The first-order valence-electron chi connectivity index (χ1n) is 4.44. The molecule has 1 aromatic rings. The number of para-hydroxylation sites is 1. The molecule has 1 rings (SSSR count). The summed E-state index contributed by atoms with van der Waals surface area (Å²) < 4.78 is 5.14. The summed E-state index contributed by atoms with van der Waals surface area (Å²) in [6.45, 7) is 1.60. The Hall–Kier alpha value is -0.580. The van der Waals surface area contributed by atoms with E-state index >= 15 is 0 Å². The lowest BCUT2D eigenvalue weighted by Gasteiger charge is -2.12. The van der Waals surface area contributed by atoms with Crippen molar-refractivity contribution in [2.45, 2.75) is 22.1 Å². The second kappa shape index (κ2) is 6.23. The number of aliphatic carboxylic acids is 1. The van der Waals surface area contributed by atoms with Crippen LogP contribution in [0.4, 0.5) is 0 Å². The summed E-state index contributed by atoms with van der Waals surface area (Å²) in [7, 11) is 0. The number of hydrogen-bond donors (Lipinski definition) is 1. The number of benzene rings is 1. The van der Waals surface area contributed by atoms with E-state index in [2.05, 4.69) is 0 Å². The van der Waals surface area contributed by atoms with Gasteiger partial charge < -0.3 is 9.84 Å². The molecule has 0 radical (unpaired) electrons. The molecule has 0 amide bonds. The third-order valence-electron chi connectivity index (χ3n) is 1.72. The molecule has 3 nitrogen and oxygen atoms in total. The first kappa shape index (κ1) is 13.5. The lowest BCUT2D eigenvalue weighted by atomic mass is 10.3. The summed E-state index contributed by atoms with van der Waals surface area (Å²) in [6, 6.07) is 7.01. The normalized spacial score (nSPS) is 12.5. The minimum atomic E-state index is -0.970. The standard InChI is InChI=1S/C10H10Cl2O3S/c1-6(9(13)14)16-8-5-3-2-4-7(8)15-10(11)12/h2-6,10H,1H3,(H,13,14). The Kier molecular flexibility index (Phi) is 5.25. The van der Waals surface area contributed by atoms with Crippen molar-refractivity contribution in [1.29, 1.82) is 0 Å². The lowest BCUT2D eigenvalue weighted by molar-refractivity contribution is -0.136. The predicted molar refractivity (Wildman–Crippen MR) is 65.5 cm³/mol. The maximum Gasteiger partial charge on any atom is 0.316 e. The van der Waals surface area contributed by atoms with Crippen molar-refractivity contribution in [3.63, 3.8) is 0 Å². The number of hydrogen-bond acceptors (Lipinski definition) is 3. The van der Waals surface area contributed by atoms with Gasteiger partial charge >= 0.3 is 5.97 Å². The molecule has 0 aromatic heterocycles. The second-order valence-electron chi connectivity index (χ2n) is 2.92. The van der Waals surface area contributed by atoms with Gasteiger partial charge in [-0.1, -0.05) is 35.3 Å². The summed E-state index contributed by atoms with van der Waals surface area (Å²) in [4.78, 5) is 11.4. The fraction of sp³-hybridized carbons (Fsp3) is 0.300. The third kappa shape index (κ3) is 4.12. The summed E-state index contributed by atoms with van der Waals surface area (Å²) in [5, 5.41) is 7.27. The predicted octanol–water partition coefficient (Wildman–Crippen LogP) is 3.39. The van der Waals surface area contributed by atoms with Gasteiger partial charge in [-0.15, -0.1) is 11.8 Å². The van der Waals surface area contributed by atoms with Gasteiger partial charge in [-0.05, 0) is 19.1 Å². The molecule has 0 saturated heterocycles. The molecule has 1 aromatic carbocycles. The lowest BCUT2D eigenvalue weighted by Crippen LogP contribution is -2.11. The summed E-state index contributed by atoms with van der Waals surface area (Å²) in [5.41, 5.74) is 0. The van der Waals surface area contributed by atoms with Crippen LogP contribution in [0, 0.1) is 0 Å². The van der Waals surface area contributed by atoms with Crippen LogP contribution in [0.25, 0.3) is 0 Å². The Morgan fingerprint density at radius 1 is 1.44 bits per heavy atom. The minimum Gasteiger partial charge on any atom is -0.480 e. The molecule has 1 N–H and O–H groups in total. The highest BCUT2D eigenvalue weighted by Crippen LogP contribution is 2.33. The third-order valence-corrected chi connectivity index (χ3v) is 3.04. The number of halogens is 2. The van der Waals surface area contributed by atoms with E-state index in [0.29, 0.717) is 10.6 Å². The minimum absolute atomic E-state index is 0.482. The molecule has 0 saturated carbocycles. The number of carboxylic acid groups (broad SMARTS) is 1. The van der Waals surface area contributed by atoms with Crippen LogP contribution in [0.3, 0.4) is 0 Å². The van der Waals surface area contributed by atoms with Crippen molar-refractivity contribution < 1.29 is 14.6 Å². The highest BCUT2D eigenvalue weighted by molar-refractivity contribution is 8.00. The zero-order valence-corrected chi connectivity index (χ0v) is 10.7. The molecule has 1 atom stereocenters. The Morgan fingerprint density at radius 3 is 2.62 bits per heavy atom. The first-order valence-corrected chi connectivity index (χ1v) is 6.19. The number of thioether (sulfide) groups is 1. The molecule has 88 valence electrons. The van der Waals surface area contributed by atoms with Crippen LogP contribution in [0.5, 0.6) is 5.75 Å². The molecular formula is C10H10Cl2O3S. The summed E-state index contributed by atoms with van der Waals surface area (Å²) in [5.74, 6) is -0.399. The molecular weight excluding hydrogens is 271 g/mol. The van der Waals surface area contributed by atoms with E-state index in [1.165, 1.54) is 11.8 Å². The molecule has 16 heavy (non-hydrogen) atoms. The van der Waals surface area contributed by atoms with E-state index in [-0.39, 0.29) is 0 Å². The number of rotatable bonds is 5. The van der Waals surface area contributed by atoms with E-state index < -0.39 is 16.2 Å². The van der Waals surface area contributed by atoms with Crippen LogP contribution in [0.1, 0.15) is 6.92 Å². The smallest absolute Gasteiger partial charge is 0.316 e.